The summed E-state index contributed by atoms with van der Waals surface area (Å²) in [6.07, 6.45) is 9.75. The zero-order chi connectivity index (χ0) is 13.5. The summed E-state index contributed by atoms with van der Waals surface area (Å²) in [6.45, 7) is 5.45. The highest BCUT2D eigenvalue weighted by atomic mass is 16.1. The average molecular weight is 266 g/mol. The maximum absolute atomic E-state index is 12.1. The SMILES string of the molecule is CCC1CCC(C(=O)NCCC2CCCNC2)CC1. The van der Waals surface area contributed by atoms with E-state index in [0.717, 1.165) is 44.2 Å². The summed E-state index contributed by atoms with van der Waals surface area (Å²) >= 11 is 0. The molecule has 3 nitrogen and oxygen atoms in total. The Hall–Kier alpha value is -0.570. The van der Waals surface area contributed by atoms with Crippen molar-refractivity contribution in [3.8, 4) is 0 Å². The van der Waals surface area contributed by atoms with Crippen LogP contribution in [0.15, 0.2) is 0 Å². The maximum Gasteiger partial charge on any atom is 0.223 e. The van der Waals surface area contributed by atoms with Gasteiger partial charge in [0.1, 0.15) is 0 Å². The third kappa shape index (κ3) is 4.79. The largest absolute Gasteiger partial charge is 0.356 e. The lowest BCUT2D eigenvalue weighted by Gasteiger charge is -2.27. The number of piperidine rings is 1. The molecule has 1 unspecified atom stereocenters. The predicted molar refractivity (Wildman–Crippen MR) is 79.0 cm³/mol. The molecule has 1 saturated heterocycles. The highest BCUT2D eigenvalue weighted by Gasteiger charge is 2.25. The van der Waals surface area contributed by atoms with Gasteiger partial charge in [0.2, 0.25) is 5.91 Å². The molecule has 1 aliphatic carbocycles. The average Bonchev–Trinajstić information content (AvgIpc) is 2.48. The standard InChI is InChI=1S/C16H30N2O/c1-2-13-5-7-15(8-6-13)16(19)18-11-9-14-4-3-10-17-12-14/h13-15,17H,2-12H2,1H3,(H,18,19). The van der Waals surface area contributed by atoms with E-state index < -0.39 is 0 Å². The highest BCUT2D eigenvalue weighted by Crippen LogP contribution is 2.30. The smallest absolute Gasteiger partial charge is 0.223 e. The van der Waals surface area contributed by atoms with E-state index in [1.54, 1.807) is 0 Å². The Kier molecular flexibility index (Phi) is 6.15. The molecule has 1 amide bonds. The molecule has 0 aromatic heterocycles. The Morgan fingerprint density at radius 1 is 1.16 bits per heavy atom. The van der Waals surface area contributed by atoms with Crippen molar-refractivity contribution >= 4 is 5.91 Å². The van der Waals surface area contributed by atoms with Crippen molar-refractivity contribution in [2.24, 2.45) is 17.8 Å². The molecule has 0 spiro atoms. The molecule has 0 aromatic carbocycles. The van der Waals surface area contributed by atoms with Gasteiger partial charge < -0.3 is 10.6 Å². The van der Waals surface area contributed by atoms with Crippen molar-refractivity contribution in [1.82, 2.24) is 10.6 Å². The van der Waals surface area contributed by atoms with Gasteiger partial charge >= 0.3 is 0 Å². The fourth-order valence-electron chi connectivity index (χ4n) is 3.55. The summed E-state index contributed by atoms with van der Waals surface area (Å²) in [5, 5.41) is 6.60. The first-order valence-electron chi connectivity index (χ1n) is 8.28. The van der Waals surface area contributed by atoms with Crippen LogP contribution >= 0.6 is 0 Å². The fourth-order valence-corrected chi connectivity index (χ4v) is 3.55. The number of carbonyl (C=O) groups is 1. The van der Waals surface area contributed by atoms with Crippen molar-refractivity contribution in [3.63, 3.8) is 0 Å². The Balaban J connectivity index is 1.59. The lowest BCUT2D eigenvalue weighted by atomic mass is 9.80. The van der Waals surface area contributed by atoms with E-state index in [9.17, 15) is 4.79 Å². The van der Waals surface area contributed by atoms with E-state index in [-0.39, 0.29) is 0 Å². The van der Waals surface area contributed by atoms with Crippen molar-refractivity contribution in [1.29, 1.82) is 0 Å². The molecular formula is C16H30N2O. The van der Waals surface area contributed by atoms with Crippen LogP contribution in [0.25, 0.3) is 0 Å². The monoisotopic (exact) mass is 266 g/mol. The van der Waals surface area contributed by atoms with Crippen LogP contribution in [0.5, 0.6) is 0 Å². The van der Waals surface area contributed by atoms with E-state index in [0.29, 0.717) is 11.8 Å². The normalized spacial score (nSPS) is 31.9. The second-order valence-electron chi connectivity index (χ2n) is 6.42. The van der Waals surface area contributed by atoms with Crippen LogP contribution < -0.4 is 10.6 Å². The number of carbonyl (C=O) groups excluding carboxylic acids is 1. The van der Waals surface area contributed by atoms with Gasteiger partial charge in [0.15, 0.2) is 0 Å². The lowest BCUT2D eigenvalue weighted by Crippen LogP contribution is -2.36. The minimum Gasteiger partial charge on any atom is -0.356 e. The van der Waals surface area contributed by atoms with E-state index in [4.69, 9.17) is 0 Å². The van der Waals surface area contributed by atoms with Crippen LogP contribution in [0, 0.1) is 17.8 Å². The summed E-state index contributed by atoms with van der Waals surface area (Å²) in [4.78, 5) is 12.1. The van der Waals surface area contributed by atoms with E-state index in [2.05, 4.69) is 17.6 Å². The first-order valence-corrected chi connectivity index (χ1v) is 8.28. The van der Waals surface area contributed by atoms with Crippen molar-refractivity contribution in [2.75, 3.05) is 19.6 Å². The van der Waals surface area contributed by atoms with E-state index in [1.165, 1.54) is 38.6 Å². The van der Waals surface area contributed by atoms with Crippen LogP contribution in [0.3, 0.4) is 0 Å². The molecule has 0 aromatic rings. The van der Waals surface area contributed by atoms with Gasteiger partial charge in [0.25, 0.3) is 0 Å². The molecule has 1 saturated carbocycles. The van der Waals surface area contributed by atoms with Gasteiger partial charge in [-0.25, -0.2) is 0 Å². The van der Waals surface area contributed by atoms with Crippen LogP contribution in [-0.4, -0.2) is 25.5 Å². The van der Waals surface area contributed by atoms with Crippen molar-refractivity contribution < 1.29 is 4.79 Å². The summed E-state index contributed by atoms with van der Waals surface area (Å²) in [6, 6.07) is 0. The van der Waals surface area contributed by atoms with Crippen LogP contribution in [-0.2, 0) is 4.79 Å². The molecule has 2 rings (SSSR count). The number of amides is 1. The highest BCUT2D eigenvalue weighted by molar-refractivity contribution is 5.78. The Labute approximate surface area is 117 Å². The topological polar surface area (TPSA) is 41.1 Å². The molecule has 1 aliphatic heterocycles. The zero-order valence-electron chi connectivity index (χ0n) is 12.4. The second-order valence-corrected chi connectivity index (χ2v) is 6.42. The fraction of sp³-hybridized carbons (Fsp3) is 0.938. The Morgan fingerprint density at radius 2 is 1.95 bits per heavy atom. The van der Waals surface area contributed by atoms with Gasteiger partial charge in [-0.1, -0.05) is 13.3 Å². The summed E-state index contributed by atoms with van der Waals surface area (Å²) < 4.78 is 0. The summed E-state index contributed by atoms with van der Waals surface area (Å²) in [7, 11) is 0. The summed E-state index contributed by atoms with van der Waals surface area (Å²) in [5.41, 5.74) is 0. The second kappa shape index (κ2) is 7.88. The molecule has 0 radical (unpaired) electrons. The van der Waals surface area contributed by atoms with E-state index in [1.807, 2.05) is 0 Å². The molecule has 1 heterocycles. The number of hydrogen-bond donors (Lipinski definition) is 2. The molecule has 110 valence electrons. The minimum atomic E-state index is 0.298. The third-order valence-electron chi connectivity index (χ3n) is 5.05. The van der Waals surface area contributed by atoms with Crippen LogP contribution in [0.4, 0.5) is 0 Å². The quantitative estimate of drug-likeness (QED) is 0.803. The van der Waals surface area contributed by atoms with E-state index >= 15 is 0 Å². The molecule has 0 bridgehead atoms. The number of nitrogens with one attached hydrogen (secondary N) is 2. The van der Waals surface area contributed by atoms with Crippen LogP contribution in [0.1, 0.15) is 58.3 Å². The molecule has 3 heteroatoms. The van der Waals surface area contributed by atoms with Crippen molar-refractivity contribution in [2.45, 2.75) is 58.3 Å². The predicted octanol–water partition coefficient (Wildman–Crippen LogP) is 2.71. The maximum atomic E-state index is 12.1. The zero-order valence-corrected chi connectivity index (χ0v) is 12.4. The Bertz CT molecular complexity index is 266. The van der Waals surface area contributed by atoms with Gasteiger partial charge in [-0.15, -0.1) is 0 Å². The number of rotatable bonds is 5. The molecule has 1 atom stereocenters. The van der Waals surface area contributed by atoms with Gasteiger partial charge in [-0.3, -0.25) is 4.79 Å². The third-order valence-corrected chi connectivity index (χ3v) is 5.05. The molecule has 2 fully saturated rings. The Morgan fingerprint density at radius 3 is 2.58 bits per heavy atom. The van der Waals surface area contributed by atoms with Crippen molar-refractivity contribution in [3.05, 3.63) is 0 Å². The molecular weight excluding hydrogens is 236 g/mol. The molecule has 2 aliphatic rings. The van der Waals surface area contributed by atoms with Crippen LogP contribution in [0.2, 0.25) is 0 Å². The first-order chi connectivity index (χ1) is 9.29. The van der Waals surface area contributed by atoms with Gasteiger partial charge in [-0.05, 0) is 69.9 Å². The molecule has 2 N–H and O–H groups in total. The van der Waals surface area contributed by atoms with Gasteiger partial charge in [0.05, 0.1) is 0 Å². The van der Waals surface area contributed by atoms with Gasteiger partial charge in [-0.2, -0.15) is 0 Å². The summed E-state index contributed by atoms with van der Waals surface area (Å²) in [5.74, 6) is 2.26. The number of hydrogen-bond acceptors (Lipinski definition) is 2. The van der Waals surface area contributed by atoms with Gasteiger partial charge in [0, 0.05) is 12.5 Å². The minimum absolute atomic E-state index is 0.298. The lowest BCUT2D eigenvalue weighted by molar-refractivity contribution is -0.126. The first kappa shape index (κ1) is 14.8. The molecule has 19 heavy (non-hydrogen) atoms.